The third-order valence-corrected chi connectivity index (χ3v) is 6.60. The first-order valence-electron chi connectivity index (χ1n) is 10.8. The first-order chi connectivity index (χ1) is 15.6. The maximum atomic E-state index is 11.8. The van der Waals surface area contributed by atoms with Crippen molar-refractivity contribution in [1.29, 1.82) is 0 Å². The van der Waals surface area contributed by atoms with Crippen molar-refractivity contribution in [3.63, 3.8) is 0 Å². The van der Waals surface area contributed by atoms with Crippen LogP contribution in [0.3, 0.4) is 0 Å². The fourth-order valence-electron chi connectivity index (χ4n) is 5.10. The predicted octanol–water partition coefficient (Wildman–Crippen LogP) is 2.90. The van der Waals surface area contributed by atoms with Gasteiger partial charge in [0, 0.05) is 62.2 Å². The predicted molar refractivity (Wildman–Crippen MR) is 122 cm³/mol. The van der Waals surface area contributed by atoms with Crippen LogP contribution in [0.5, 0.6) is 0 Å². The number of anilines is 1. The van der Waals surface area contributed by atoms with Crippen LogP contribution in [0.4, 0.5) is 5.82 Å². The standard InChI is InChI=1S/C24H23N7O/c1-15(32)31-19-7-20(31)13-30(12-19)24-4-3-16(8-26-24)21-5-17(18-9-28-29(2)11-18)6-23-22(21)10-25-14-27-23/h3-6,8-11,14,19-20H,7,12-13H2,1-2H3. The summed E-state index contributed by atoms with van der Waals surface area (Å²) in [5.41, 5.74) is 5.06. The fourth-order valence-corrected chi connectivity index (χ4v) is 5.10. The van der Waals surface area contributed by atoms with E-state index in [0.717, 1.165) is 58.5 Å². The third-order valence-electron chi connectivity index (χ3n) is 6.60. The van der Waals surface area contributed by atoms with Gasteiger partial charge in [-0.05, 0) is 41.8 Å². The van der Waals surface area contributed by atoms with Crippen molar-refractivity contribution in [2.24, 2.45) is 7.05 Å². The number of fused-ring (bicyclic) bond motifs is 3. The average molecular weight is 425 g/mol. The average Bonchev–Trinajstić information content (AvgIpc) is 3.24. The van der Waals surface area contributed by atoms with Gasteiger partial charge in [0.15, 0.2) is 0 Å². The van der Waals surface area contributed by atoms with E-state index in [1.165, 1.54) is 0 Å². The van der Waals surface area contributed by atoms with Gasteiger partial charge in [0.25, 0.3) is 0 Å². The minimum atomic E-state index is 0.178. The molecule has 0 aliphatic carbocycles. The number of hydrogen-bond acceptors (Lipinski definition) is 6. The number of aromatic nitrogens is 5. The molecule has 3 aromatic heterocycles. The van der Waals surface area contributed by atoms with Crippen molar-refractivity contribution >= 4 is 22.6 Å². The summed E-state index contributed by atoms with van der Waals surface area (Å²) < 4.78 is 1.80. The van der Waals surface area contributed by atoms with E-state index in [2.05, 4.69) is 44.2 Å². The number of nitrogens with zero attached hydrogens (tertiary/aromatic N) is 7. The first kappa shape index (κ1) is 18.9. The van der Waals surface area contributed by atoms with Crippen LogP contribution in [0.2, 0.25) is 0 Å². The van der Waals surface area contributed by atoms with Crippen molar-refractivity contribution in [3.8, 4) is 22.3 Å². The summed E-state index contributed by atoms with van der Waals surface area (Å²) in [6.07, 6.45) is 10.3. The highest BCUT2D eigenvalue weighted by atomic mass is 16.2. The zero-order valence-corrected chi connectivity index (χ0v) is 18.0. The number of piperidine rings is 1. The monoisotopic (exact) mass is 425 g/mol. The number of benzene rings is 1. The van der Waals surface area contributed by atoms with Crippen LogP contribution in [-0.4, -0.2) is 60.7 Å². The van der Waals surface area contributed by atoms with E-state index in [4.69, 9.17) is 4.98 Å². The lowest BCUT2D eigenvalue weighted by Crippen LogP contribution is -2.70. The molecule has 3 aliphatic rings. The molecule has 0 spiro atoms. The van der Waals surface area contributed by atoms with Crippen molar-refractivity contribution in [3.05, 3.63) is 55.4 Å². The highest BCUT2D eigenvalue weighted by molar-refractivity contribution is 5.97. The summed E-state index contributed by atoms with van der Waals surface area (Å²) in [4.78, 5) is 29.6. The van der Waals surface area contributed by atoms with E-state index in [1.807, 2.05) is 36.7 Å². The lowest BCUT2D eigenvalue weighted by molar-refractivity contribution is -0.143. The number of amides is 1. The Morgan fingerprint density at radius 1 is 1.00 bits per heavy atom. The van der Waals surface area contributed by atoms with Crippen LogP contribution in [0.1, 0.15) is 13.3 Å². The molecule has 3 aliphatic heterocycles. The van der Waals surface area contributed by atoms with E-state index < -0.39 is 0 Å². The summed E-state index contributed by atoms with van der Waals surface area (Å²) in [5.74, 6) is 1.13. The SMILES string of the molecule is CC(=O)N1C2CC1CN(c1ccc(-c3cc(-c4cnn(C)c4)cc4ncncc34)cn1)C2. The maximum Gasteiger partial charge on any atom is 0.220 e. The van der Waals surface area contributed by atoms with Gasteiger partial charge in [-0.25, -0.2) is 15.0 Å². The molecule has 1 aromatic carbocycles. The minimum Gasteiger partial charge on any atom is -0.352 e. The molecule has 0 saturated carbocycles. The van der Waals surface area contributed by atoms with E-state index in [-0.39, 0.29) is 5.91 Å². The normalized spacial score (nSPS) is 19.8. The van der Waals surface area contributed by atoms with Crippen LogP contribution in [-0.2, 0) is 11.8 Å². The molecular weight excluding hydrogens is 402 g/mol. The fraction of sp³-hybridized carbons (Fsp3) is 0.292. The number of pyridine rings is 1. The number of rotatable bonds is 3. The second-order valence-corrected chi connectivity index (χ2v) is 8.66. The molecule has 2 unspecified atom stereocenters. The van der Waals surface area contributed by atoms with Crippen LogP contribution in [0, 0.1) is 0 Å². The third kappa shape index (κ3) is 3.02. The Kier molecular flexibility index (Phi) is 4.21. The highest BCUT2D eigenvalue weighted by Gasteiger charge is 2.46. The Morgan fingerprint density at radius 3 is 2.53 bits per heavy atom. The van der Waals surface area contributed by atoms with Gasteiger partial charge in [-0.1, -0.05) is 0 Å². The van der Waals surface area contributed by atoms with Crippen LogP contribution < -0.4 is 4.90 Å². The minimum absolute atomic E-state index is 0.178. The molecule has 8 nitrogen and oxygen atoms in total. The molecular formula is C24H23N7O. The van der Waals surface area contributed by atoms with E-state index in [1.54, 1.807) is 17.9 Å². The highest BCUT2D eigenvalue weighted by Crippen LogP contribution is 2.36. The Balaban J connectivity index is 1.34. The molecule has 160 valence electrons. The van der Waals surface area contributed by atoms with Gasteiger partial charge >= 0.3 is 0 Å². The maximum absolute atomic E-state index is 11.8. The molecule has 8 heteroatoms. The molecule has 0 N–H and O–H groups in total. The number of hydrogen-bond donors (Lipinski definition) is 0. The van der Waals surface area contributed by atoms with Gasteiger partial charge in [-0.2, -0.15) is 5.10 Å². The summed E-state index contributed by atoms with van der Waals surface area (Å²) >= 11 is 0. The Bertz CT molecular complexity index is 1320. The second kappa shape index (κ2) is 7.12. The van der Waals surface area contributed by atoms with Gasteiger partial charge in [0.2, 0.25) is 5.91 Å². The Morgan fingerprint density at radius 2 is 1.84 bits per heavy atom. The van der Waals surface area contributed by atoms with Crippen molar-refractivity contribution in [1.82, 2.24) is 29.6 Å². The Hall–Kier alpha value is -3.81. The molecule has 3 fully saturated rings. The van der Waals surface area contributed by atoms with Crippen molar-refractivity contribution in [2.75, 3.05) is 18.0 Å². The molecule has 32 heavy (non-hydrogen) atoms. The van der Waals surface area contributed by atoms with Crippen LogP contribution in [0.25, 0.3) is 33.2 Å². The molecule has 0 radical (unpaired) electrons. The lowest BCUT2D eigenvalue weighted by Gasteiger charge is -2.56. The van der Waals surface area contributed by atoms with E-state index >= 15 is 0 Å². The zero-order valence-electron chi connectivity index (χ0n) is 18.0. The van der Waals surface area contributed by atoms with Crippen LogP contribution in [0.15, 0.2) is 55.4 Å². The van der Waals surface area contributed by atoms with E-state index in [9.17, 15) is 4.79 Å². The largest absolute Gasteiger partial charge is 0.352 e. The van der Waals surface area contributed by atoms with Crippen molar-refractivity contribution in [2.45, 2.75) is 25.4 Å². The number of aryl methyl sites for hydroxylation is 1. The molecule has 2 atom stereocenters. The number of carbonyl (C=O) groups excluding carboxylic acids is 1. The van der Waals surface area contributed by atoms with Gasteiger partial charge in [-0.3, -0.25) is 9.48 Å². The quantitative estimate of drug-likeness (QED) is 0.502. The summed E-state index contributed by atoms with van der Waals surface area (Å²) in [7, 11) is 1.91. The smallest absolute Gasteiger partial charge is 0.220 e. The summed E-state index contributed by atoms with van der Waals surface area (Å²) in [5, 5.41) is 5.30. The molecule has 2 bridgehead atoms. The molecule has 3 saturated heterocycles. The number of piperazine rings is 1. The lowest BCUT2D eigenvalue weighted by atomic mass is 9.87. The summed E-state index contributed by atoms with van der Waals surface area (Å²) in [6.45, 7) is 3.35. The van der Waals surface area contributed by atoms with Gasteiger partial charge in [0.05, 0.1) is 23.8 Å². The van der Waals surface area contributed by atoms with Gasteiger partial charge in [0.1, 0.15) is 12.1 Å². The molecule has 4 aromatic rings. The van der Waals surface area contributed by atoms with Crippen LogP contribution >= 0.6 is 0 Å². The first-order valence-corrected chi connectivity index (χ1v) is 10.8. The topological polar surface area (TPSA) is 80.0 Å². The molecule has 7 rings (SSSR count). The zero-order chi connectivity index (χ0) is 21.8. The molecule has 1 amide bonds. The molecule has 6 heterocycles. The second-order valence-electron chi connectivity index (χ2n) is 8.66. The van der Waals surface area contributed by atoms with Gasteiger partial charge in [-0.15, -0.1) is 0 Å². The Labute approximate surface area is 185 Å². The number of carbonyl (C=O) groups is 1. The summed E-state index contributed by atoms with van der Waals surface area (Å²) in [6, 6.07) is 9.03. The van der Waals surface area contributed by atoms with E-state index in [0.29, 0.717) is 12.1 Å². The van der Waals surface area contributed by atoms with Gasteiger partial charge < -0.3 is 9.80 Å². The van der Waals surface area contributed by atoms with Crippen molar-refractivity contribution < 1.29 is 4.79 Å².